The van der Waals surface area contributed by atoms with E-state index < -0.39 is 11.9 Å². The van der Waals surface area contributed by atoms with E-state index in [1.807, 2.05) is 0 Å². The molecule has 1 saturated carbocycles. The number of esters is 2. The van der Waals surface area contributed by atoms with Gasteiger partial charge in [-0.15, -0.1) is 0 Å². The summed E-state index contributed by atoms with van der Waals surface area (Å²) in [5.74, 6) is 0.465. The van der Waals surface area contributed by atoms with Gasteiger partial charge in [-0.25, -0.2) is 9.59 Å². The second-order valence-electron chi connectivity index (χ2n) is 6.91. The minimum Gasteiger partial charge on any atom is -0.460 e. The summed E-state index contributed by atoms with van der Waals surface area (Å²) < 4.78 is 10.6. The molecule has 0 radical (unpaired) electrons. The van der Waals surface area contributed by atoms with Gasteiger partial charge in [0.1, 0.15) is 6.10 Å². The summed E-state index contributed by atoms with van der Waals surface area (Å²) in [5, 5.41) is 0.539. The van der Waals surface area contributed by atoms with Crippen LogP contribution in [0.25, 0.3) is 0 Å². The first-order chi connectivity index (χ1) is 11.4. The van der Waals surface area contributed by atoms with Gasteiger partial charge in [0.2, 0.25) is 0 Å². The lowest BCUT2D eigenvalue weighted by Crippen LogP contribution is -2.35. The van der Waals surface area contributed by atoms with Gasteiger partial charge in [0, 0.05) is 5.02 Å². The Hall–Kier alpha value is -1.55. The number of hydrogen-bond donors (Lipinski definition) is 0. The molecule has 2 rings (SSSR count). The first-order valence-corrected chi connectivity index (χ1v) is 8.86. The minimum absolute atomic E-state index is 0.0899. The number of carbonyl (C=O) groups is 2. The lowest BCUT2D eigenvalue weighted by molar-refractivity contribution is -0.158. The van der Waals surface area contributed by atoms with E-state index in [1.54, 1.807) is 24.3 Å². The zero-order chi connectivity index (χ0) is 17.7. The van der Waals surface area contributed by atoms with Gasteiger partial charge in [0.05, 0.1) is 5.56 Å². The zero-order valence-corrected chi connectivity index (χ0v) is 15.2. The molecule has 0 aliphatic heterocycles. The topological polar surface area (TPSA) is 52.6 Å². The molecular formula is C19H25ClO4. The van der Waals surface area contributed by atoms with Gasteiger partial charge in [-0.2, -0.15) is 0 Å². The predicted molar refractivity (Wildman–Crippen MR) is 93.0 cm³/mol. The highest BCUT2D eigenvalue weighted by Gasteiger charge is 2.32. The molecule has 0 saturated heterocycles. The zero-order valence-electron chi connectivity index (χ0n) is 14.5. The molecule has 24 heavy (non-hydrogen) atoms. The molecule has 4 nitrogen and oxygen atoms in total. The van der Waals surface area contributed by atoms with Crippen LogP contribution in [0.2, 0.25) is 5.02 Å². The van der Waals surface area contributed by atoms with Crippen molar-refractivity contribution in [3.8, 4) is 0 Å². The van der Waals surface area contributed by atoms with Crippen molar-refractivity contribution in [1.82, 2.24) is 0 Å². The summed E-state index contributed by atoms with van der Waals surface area (Å²) in [5.41, 5.74) is 0.359. The number of benzene rings is 1. The molecule has 1 aromatic carbocycles. The molecule has 1 aromatic rings. The van der Waals surface area contributed by atoms with Crippen molar-refractivity contribution in [2.75, 3.05) is 6.61 Å². The van der Waals surface area contributed by atoms with Crippen molar-refractivity contribution in [3.63, 3.8) is 0 Å². The van der Waals surface area contributed by atoms with E-state index in [-0.39, 0.29) is 12.7 Å². The average molecular weight is 353 g/mol. The lowest BCUT2D eigenvalue weighted by Gasteiger charge is -2.35. The first-order valence-electron chi connectivity index (χ1n) is 8.49. The fourth-order valence-electron chi connectivity index (χ4n) is 3.08. The standard InChI is InChI=1S/C19H25ClO4/c1-12(2)15-5-4-13(3)17(10-15)24-18(21)11-23-19(22)14-6-8-16(20)9-7-14/h6-9,12-13,15,17H,4-5,10-11H2,1-3H3/t13-,15-,17+/m1/s1. The van der Waals surface area contributed by atoms with Crippen LogP contribution in [0.15, 0.2) is 24.3 Å². The summed E-state index contributed by atoms with van der Waals surface area (Å²) in [4.78, 5) is 23.9. The highest BCUT2D eigenvalue weighted by molar-refractivity contribution is 6.30. The van der Waals surface area contributed by atoms with E-state index in [0.717, 1.165) is 12.8 Å². The molecule has 0 amide bonds. The highest BCUT2D eigenvalue weighted by atomic mass is 35.5. The Morgan fingerprint density at radius 2 is 1.88 bits per heavy atom. The van der Waals surface area contributed by atoms with Crippen molar-refractivity contribution in [2.24, 2.45) is 17.8 Å². The maximum absolute atomic E-state index is 12.0. The Kier molecular flexibility index (Phi) is 6.67. The van der Waals surface area contributed by atoms with Gasteiger partial charge >= 0.3 is 11.9 Å². The highest BCUT2D eigenvalue weighted by Crippen LogP contribution is 2.34. The second-order valence-corrected chi connectivity index (χ2v) is 7.34. The third-order valence-corrected chi connectivity index (χ3v) is 5.04. The molecule has 1 fully saturated rings. The summed E-state index contributed by atoms with van der Waals surface area (Å²) in [7, 11) is 0. The van der Waals surface area contributed by atoms with Crippen molar-refractivity contribution in [3.05, 3.63) is 34.9 Å². The summed E-state index contributed by atoms with van der Waals surface area (Å²) in [6.45, 7) is 6.14. The Bertz CT molecular complexity index is 567. The van der Waals surface area contributed by atoms with Crippen LogP contribution in [0.4, 0.5) is 0 Å². The molecule has 0 aromatic heterocycles. The average Bonchev–Trinajstić information content (AvgIpc) is 2.55. The van der Waals surface area contributed by atoms with Crippen LogP contribution in [0.1, 0.15) is 50.4 Å². The van der Waals surface area contributed by atoms with Gasteiger partial charge in [-0.3, -0.25) is 0 Å². The van der Waals surface area contributed by atoms with Crippen LogP contribution in [0, 0.1) is 17.8 Å². The third-order valence-electron chi connectivity index (χ3n) is 4.79. The maximum atomic E-state index is 12.0. The van der Waals surface area contributed by atoms with Crippen LogP contribution in [0.5, 0.6) is 0 Å². The molecule has 0 bridgehead atoms. The van der Waals surface area contributed by atoms with Gasteiger partial charge in [-0.1, -0.05) is 32.4 Å². The first kappa shape index (κ1) is 18.8. The largest absolute Gasteiger partial charge is 0.460 e. The quantitative estimate of drug-likeness (QED) is 0.732. The molecule has 1 aliphatic rings. The van der Waals surface area contributed by atoms with E-state index in [4.69, 9.17) is 21.1 Å². The fraction of sp³-hybridized carbons (Fsp3) is 0.579. The second kappa shape index (κ2) is 8.52. The number of rotatable bonds is 5. The van der Waals surface area contributed by atoms with Gasteiger partial charge in [0.15, 0.2) is 6.61 Å². The van der Waals surface area contributed by atoms with Crippen LogP contribution in [0.3, 0.4) is 0 Å². The van der Waals surface area contributed by atoms with Crippen LogP contribution in [-0.2, 0) is 14.3 Å². The number of hydrogen-bond acceptors (Lipinski definition) is 4. The van der Waals surface area contributed by atoms with E-state index in [0.29, 0.717) is 28.3 Å². The Morgan fingerprint density at radius 1 is 1.21 bits per heavy atom. The Morgan fingerprint density at radius 3 is 2.50 bits per heavy atom. The van der Waals surface area contributed by atoms with Crippen LogP contribution < -0.4 is 0 Å². The fourth-order valence-corrected chi connectivity index (χ4v) is 3.20. The Labute approximate surface area is 148 Å². The van der Waals surface area contributed by atoms with Crippen molar-refractivity contribution in [1.29, 1.82) is 0 Å². The maximum Gasteiger partial charge on any atom is 0.344 e. The predicted octanol–water partition coefficient (Wildman–Crippen LogP) is 4.50. The third kappa shape index (κ3) is 5.23. The molecule has 3 atom stereocenters. The van der Waals surface area contributed by atoms with E-state index in [9.17, 15) is 9.59 Å². The molecular weight excluding hydrogens is 328 g/mol. The monoisotopic (exact) mass is 352 g/mol. The van der Waals surface area contributed by atoms with Gasteiger partial charge < -0.3 is 9.47 Å². The summed E-state index contributed by atoms with van der Waals surface area (Å²) >= 11 is 5.77. The smallest absolute Gasteiger partial charge is 0.344 e. The number of carbonyl (C=O) groups excluding carboxylic acids is 2. The van der Waals surface area contributed by atoms with Crippen molar-refractivity contribution in [2.45, 2.75) is 46.1 Å². The summed E-state index contributed by atoms with van der Waals surface area (Å²) in [6.07, 6.45) is 3.03. The molecule has 0 unspecified atom stereocenters. The lowest BCUT2D eigenvalue weighted by atomic mass is 9.76. The van der Waals surface area contributed by atoms with Crippen molar-refractivity contribution < 1.29 is 19.1 Å². The molecule has 0 heterocycles. The van der Waals surface area contributed by atoms with E-state index in [2.05, 4.69) is 20.8 Å². The van der Waals surface area contributed by atoms with E-state index >= 15 is 0 Å². The molecule has 132 valence electrons. The number of halogens is 1. The molecule has 1 aliphatic carbocycles. The SMILES string of the molecule is CC(C)[C@@H]1CC[C@@H](C)[C@@H](OC(=O)COC(=O)c2ccc(Cl)cc2)C1. The molecule has 0 N–H and O–H groups in total. The van der Waals surface area contributed by atoms with Gasteiger partial charge in [-0.05, 0) is 61.3 Å². The number of ether oxygens (including phenoxy) is 2. The van der Waals surface area contributed by atoms with Crippen molar-refractivity contribution >= 4 is 23.5 Å². The summed E-state index contributed by atoms with van der Waals surface area (Å²) in [6, 6.07) is 6.33. The van der Waals surface area contributed by atoms with Crippen LogP contribution in [-0.4, -0.2) is 24.6 Å². The normalized spacial score (nSPS) is 23.8. The minimum atomic E-state index is -0.555. The Balaban J connectivity index is 1.81. The van der Waals surface area contributed by atoms with E-state index in [1.165, 1.54) is 6.42 Å². The molecule has 5 heteroatoms. The molecule has 0 spiro atoms. The van der Waals surface area contributed by atoms with Gasteiger partial charge in [0.25, 0.3) is 0 Å². The van der Waals surface area contributed by atoms with Crippen LogP contribution >= 0.6 is 11.6 Å².